The molecular formula is C11H10BrN3O4S2. The number of hydrogen-bond donors (Lipinski definition) is 1. The fourth-order valence-corrected chi connectivity index (χ4v) is 4.30. The summed E-state index contributed by atoms with van der Waals surface area (Å²) in [6, 6.07) is 3.74. The van der Waals surface area contributed by atoms with Crippen molar-refractivity contribution in [1.82, 2.24) is 4.98 Å². The second-order valence-corrected chi connectivity index (χ2v) is 7.90. The van der Waals surface area contributed by atoms with Crippen molar-refractivity contribution >= 4 is 48.1 Å². The lowest BCUT2D eigenvalue weighted by atomic mass is 10.3. The second kappa shape index (κ2) is 5.70. The van der Waals surface area contributed by atoms with Crippen LogP contribution in [0.2, 0.25) is 0 Å². The SMILES string of the molecule is Cc1nc(NS(=O)(=O)c2cc(Br)ccc2[N+](=O)[O-])sc1C. The van der Waals surface area contributed by atoms with Gasteiger partial charge in [0.2, 0.25) is 0 Å². The topological polar surface area (TPSA) is 102 Å². The predicted octanol–water partition coefficient (Wildman–Crippen LogP) is 3.23. The lowest BCUT2D eigenvalue weighted by Crippen LogP contribution is -2.14. The van der Waals surface area contributed by atoms with E-state index in [-0.39, 0.29) is 5.13 Å². The Morgan fingerprint density at radius 2 is 2.05 bits per heavy atom. The van der Waals surface area contributed by atoms with Crippen molar-refractivity contribution in [3.8, 4) is 0 Å². The largest absolute Gasteiger partial charge is 0.289 e. The van der Waals surface area contributed by atoms with Gasteiger partial charge in [0.15, 0.2) is 10.0 Å². The number of aromatic nitrogens is 1. The van der Waals surface area contributed by atoms with Gasteiger partial charge in [-0.15, -0.1) is 11.3 Å². The van der Waals surface area contributed by atoms with Crippen LogP contribution in [0.3, 0.4) is 0 Å². The number of nitro benzene ring substituents is 1. The number of rotatable bonds is 4. The highest BCUT2D eigenvalue weighted by Crippen LogP contribution is 2.30. The number of anilines is 1. The van der Waals surface area contributed by atoms with E-state index in [1.807, 2.05) is 6.92 Å². The molecule has 0 aliphatic heterocycles. The fraction of sp³-hybridized carbons (Fsp3) is 0.182. The van der Waals surface area contributed by atoms with E-state index >= 15 is 0 Å². The zero-order valence-electron chi connectivity index (χ0n) is 11.0. The zero-order valence-corrected chi connectivity index (χ0v) is 14.2. The number of halogens is 1. The van der Waals surface area contributed by atoms with Crippen molar-refractivity contribution in [2.75, 3.05) is 4.72 Å². The minimum atomic E-state index is -4.09. The van der Waals surface area contributed by atoms with Gasteiger partial charge in [0, 0.05) is 15.4 Å². The van der Waals surface area contributed by atoms with Gasteiger partial charge in [-0.3, -0.25) is 14.8 Å². The van der Waals surface area contributed by atoms with E-state index in [1.165, 1.54) is 23.5 Å². The van der Waals surface area contributed by atoms with Gasteiger partial charge in [-0.05, 0) is 26.0 Å². The number of nitrogens with one attached hydrogen (secondary N) is 1. The summed E-state index contributed by atoms with van der Waals surface area (Å²) >= 11 is 4.28. The summed E-state index contributed by atoms with van der Waals surface area (Å²) in [5.74, 6) is 0. The molecule has 0 radical (unpaired) electrons. The summed E-state index contributed by atoms with van der Waals surface area (Å²) in [4.78, 5) is 14.8. The molecule has 1 aromatic heterocycles. The maximum Gasteiger partial charge on any atom is 0.289 e. The van der Waals surface area contributed by atoms with E-state index in [2.05, 4.69) is 25.6 Å². The summed E-state index contributed by atoms with van der Waals surface area (Å²) in [7, 11) is -4.09. The minimum absolute atomic E-state index is 0.180. The average Bonchev–Trinajstić information content (AvgIpc) is 2.66. The van der Waals surface area contributed by atoms with E-state index in [0.29, 0.717) is 10.2 Å². The summed E-state index contributed by atoms with van der Waals surface area (Å²) < 4.78 is 27.4. The Morgan fingerprint density at radius 3 is 2.57 bits per heavy atom. The van der Waals surface area contributed by atoms with Gasteiger partial charge < -0.3 is 0 Å². The van der Waals surface area contributed by atoms with Gasteiger partial charge in [0.05, 0.1) is 10.6 Å². The van der Waals surface area contributed by atoms with Crippen LogP contribution in [0.4, 0.5) is 10.8 Å². The second-order valence-electron chi connectivity index (χ2n) is 4.14. The Bertz CT molecular complexity index is 797. The molecular weight excluding hydrogens is 382 g/mol. The molecule has 0 bridgehead atoms. The molecule has 0 atom stereocenters. The van der Waals surface area contributed by atoms with Crippen molar-refractivity contribution < 1.29 is 13.3 Å². The van der Waals surface area contributed by atoms with Crippen LogP contribution in [0.15, 0.2) is 27.6 Å². The first-order valence-electron chi connectivity index (χ1n) is 5.61. The Kier molecular flexibility index (Phi) is 4.30. The summed E-state index contributed by atoms with van der Waals surface area (Å²) in [5.41, 5.74) is 0.220. The van der Waals surface area contributed by atoms with Gasteiger partial charge >= 0.3 is 0 Å². The molecule has 1 aromatic carbocycles. The normalized spacial score (nSPS) is 11.4. The van der Waals surface area contributed by atoms with Gasteiger partial charge in [-0.25, -0.2) is 13.4 Å². The predicted molar refractivity (Wildman–Crippen MR) is 83.2 cm³/mol. The minimum Gasteiger partial charge on any atom is -0.258 e. The third-order valence-electron chi connectivity index (χ3n) is 2.66. The van der Waals surface area contributed by atoms with Crippen LogP contribution in [0, 0.1) is 24.0 Å². The van der Waals surface area contributed by atoms with Crippen LogP contribution in [0.25, 0.3) is 0 Å². The number of nitro groups is 1. The van der Waals surface area contributed by atoms with Crippen LogP contribution in [0.5, 0.6) is 0 Å². The number of thiazole rings is 1. The number of sulfonamides is 1. The quantitative estimate of drug-likeness (QED) is 0.636. The van der Waals surface area contributed by atoms with Crippen LogP contribution in [0.1, 0.15) is 10.6 Å². The fourth-order valence-electron chi connectivity index (χ4n) is 1.54. The molecule has 0 saturated carbocycles. The third kappa shape index (κ3) is 3.39. The summed E-state index contributed by atoms with van der Waals surface area (Å²) in [5, 5.41) is 11.2. The molecule has 0 saturated heterocycles. The van der Waals surface area contributed by atoms with Gasteiger partial charge in [-0.2, -0.15) is 0 Å². The Hall–Kier alpha value is -1.52. The highest BCUT2D eigenvalue weighted by atomic mass is 79.9. The van der Waals surface area contributed by atoms with E-state index in [1.54, 1.807) is 6.92 Å². The van der Waals surface area contributed by atoms with Crippen molar-refractivity contribution in [3.05, 3.63) is 43.4 Å². The van der Waals surface area contributed by atoms with Crippen molar-refractivity contribution in [2.45, 2.75) is 18.7 Å². The molecule has 112 valence electrons. The molecule has 10 heteroatoms. The first-order chi connectivity index (χ1) is 9.70. The Morgan fingerprint density at radius 1 is 1.38 bits per heavy atom. The summed E-state index contributed by atoms with van der Waals surface area (Å²) in [6.45, 7) is 3.57. The highest BCUT2D eigenvalue weighted by molar-refractivity contribution is 9.10. The van der Waals surface area contributed by atoms with Crippen LogP contribution < -0.4 is 4.72 Å². The van der Waals surface area contributed by atoms with Crippen molar-refractivity contribution in [2.24, 2.45) is 0 Å². The van der Waals surface area contributed by atoms with Crippen LogP contribution in [-0.2, 0) is 10.0 Å². The molecule has 0 aliphatic carbocycles. The summed E-state index contributed by atoms with van der Waals surface area (Å²) in [6.07, 6.45) is 0. The molecule has 0 fully saturated rings. The zero-order chi connectivity index (χ0) is 15.8. The molecule has 2 aromatic rings. The standard InChI is InChI=1S/C11H10BrN3O4S2/c1-6-7(2)20-11(13-6)14-21(18,19)10-5-8(12)3-4-9(10)15(16)17/h3-5H,1-2H3,(H,13,14). The van der Waals surface area contributed by atoms with Crippen molar-refractivity contribution in [3.63, 3.8) is 0 Å². The lowest BCUT2D eigenvalue weighted by molar-refractivity contribution is -0.387. The molecule has 7 nitrogen and oxygen atoms in total. The molecule has 21 heavy (non-hydrogen) atoms. The number of benzene rings is 1. The molecule has 1 heterocycles. The van der Waals surface area contributed by atoms with E-state index in [9.17, 15) is 18.5 Å². The van der Waals surface area contributed by atoms with E-state index < -0.39 is 25.5 Å². The van der Waals surface area contributed by atoms with E-state index in [0.717, 1.165) is 10.9 Å². The van der Waals surface area contributed by atoms with Gasteiger partial charge in [0.25, 0.3) is 15.7 Å². The van der Waals surface area contributed by atoms with Crippen LogP contribution >= 0.6 is 27.3 Å². The first-order valence-corrected chi connectivity index (χ1v) is 8.71. The molecule has 1 N–H and O–H groups in total. The molecule has 0 amide bonds. The highest BCUT2D eigenvalue weighted by Gasteiger charge is 2.27. The van der Waals surface area contributed by atoms with Crippen molar-refractivity contribution in [1.29, 1.82) is 0 Å². The van der Waals surface area contributed by atoms with E-state index in [4.69, 9.17) is 0 Å². The number of aryl methyl sites for hydroxylation is 2. The van der Waals surface area contributed by atoms with Gasteiger partial charge in [-0.1, -0.05) is 15.9 Å². The number of nitrogens with zero attached hydrogens (tertiary/aromatic N) is 2. The first kappa shape index (κ1) is 15.9. The maximum atomic E-state index is 12.3. The molecule has 2 rings (SSSR count). The van der Waals surface area contributed by atoms with Gasteiger partial charge in [0.1, 0.15) is 0 Å². The average molecular weight is 392 g/mol. The molecule has 0 aliphatic rings. The molecule has 0 unspecified atom stereocenters. The number of hydrogen-bond acceptors (Lipinski definition) is 6. The maximum absolute atomic E-state index is 12.3. The molecule has 0 spiro atoms. The lowest BCUT2D eigenvalue weighted by Gasteiger charge is -2.06. The smallest absolute Gasteiger partial charge is 0.258 e. The van der Waals surface area contributed by atoms with Crippen LogP contribution in [-0.4, -0.2) is 18.3 Å². The Balaban J connectivity index is 2.49. The third-order valence-corrected chi connectivity index (χ3v) is 5.64. The Labute approximate surface area is 133 Å². The monoisotopic (exact) mass is 391 g/mol.